The molecular formula is C11H11N3O2. The fourth-order valence-corrected chi connectivity index (χ4v) is 1.92. The number of aliphatic carboxylic acids is 1. The van der Waals surface area contributed by atoms with E-state index in [1.165, 1.54) is 6.20 Å². The van der Waals surface area contributed by atoms with Crippen LogP contribution in [0.4, 0.5) is 5.82 Å². The maximum Gasteiger partial charge on any atom is 0.326 e. The minimum Gasteiger partial charge on any atom is -0.480 e. The highest BCUT2D eigenvalue weighted by atomic mass is 16.4. The molecule has 0 aliphatic carbocycles. The van der Waals surface area contributed by atoms with Crippen molar-refractivity contribution in [2.45, 2.75) is 18.9 Å². The molecule has 1 N–H and O–H groups in total. The van der Waals surface area contributed by atoms with Crippen molar-refractivity contribution in [1.82, 2.24) is 4.98 Å². The Hall–Kier alpha value is -2.09. The maximum absolute atomic E-state index is 11.0. The van der Waals surface area contributed by atoms with Crippen LogP contribution in [0.2, 0.25) is 0 Å². The van der Waals surface area contributed by atoms with Crippen molar-refractivity contribution in [1.29, 1.82) is 5.26 Å². The number of rotatable bonds is 2. The van der Waals surface area contributed by atoms with E-state index in [0.717, 1.165) is 6.42 Å². The predicted octanol–water partition coefficient (Wildman–Crippen LogP) is 1.01. The van der Waals surface area contributed by atoms with E-state index in [4.69, 9.17) is 10.4 Å². The molecule has 2 rings (SSSR count). The first-order valence-corrected chi connectivity index (χ1v) is 5.08. The summed E-state index contributed by atoms with van der Waals surface area (Å²) in [5, 5.41) is 17.7. The molecule has 0 saturated carbocycles. The largest absolute Gasteiger partial charge is 0.480 e. The van der Waals surface area contributed by atoms with Crippen LogP contribution in [0.25, 0.3) is 0 Å². The molecule has 1 atom stereocenters. The van der Waals surface area contributed by atoms with Gasteiger partial charge in [-0.2, -0.15) is 5.26 Å². The molecule has 5 heteroatoms. The summed E-state index contributed by atoms with van der Waals surface area (Å²) < 4.78 is 0. The topological polar surface area (TPSA) is 77.2 Å². The Morgan fingerprint density at radius 2 is 2.44 bits per heavy atom. The highest BCUT2D eigenvalue weighted by molar-refractivity contribution is 5.78. The van der Waals surface area contributed by atoms with Gasteiger partial charge in [0.2, 0.25) is 0 Å². The lowest BCUT2D eigenvalue weighted by Crippen LogP contribution is -2.36. The number of pyridine rings is 1. The van der Waals surface area contributed by atoms with Gasteiger partial charge in [-0.05, 0) is 25.0 Å². The van der Waals surface area contributed by atoms with E-state index >= 15 is 0 Å². The van der Waals surface area contributed by atoms with Crippen LogP contribution in [-0.4, -0.2) is 28.6 Å². The summed E-state index contributed by atoms with van der Waals surface area (Å²) in [6.45, 7) is 0.704. The van der Waals surface area contributed by atoms with Crippen molar-refractivity contribution in [2.75, 3.05) is 11.4 Å². The highest BCUT2D eigenvalue weighted by Crippen LogP contribution is 2.23. The van der Waals surface area contributed by atoms with Crippen LogP contribution in [0.15, 0.2) is 18.3 Å². The Kier molecular flexibility index (Phi) is 2.73. The Bertz CT molecular complexity index is 436. The second-order valence-electron chi connectivity index (χ2n) is 3.71. The van der Waals surface area contributed by atoms with E-state index in [2.05, 4.69) is 4.98 Å². The molecule has 5 nitrogen and oxygen atoms in total. The van der Waals surface area contributed by atoms with E-state index in [1.807, 2.05) is 6.07 Å². The average Bonchev–Trinajstić information content (AvgIpc) is 2.78. The van der Waals surface area contributed by atoms with Crippen LogP contribution in [0.3, 0.4) is 0 Å². The van der Waals surface area contributed by atoms with Crippen molar-refractivity contribution in [2.24, 2.45) is 0 Å². The van der Waals surface area contributed by atoms with Gasteiger partial charge in [0.15, 0.2) is 0 Å². The molecule has 0 amide bonds. The maximum atomic E-state index is 11.0. The molecule has 1 aliphatic heterocycles. The number of carbonyl (C=O) groups is 1. The number of nitrogens with zero attached hydrogens (tertiary/aromatic N) is 3. The lowest BCUT2D eigenvalue weighted by molar-refractivity contribution is -0.138. The van der Waals surface area contributed by atoms with Crippen LogP contribution >= 0.6 is 0 Å². The van der Waals surface area contributed by atoms with Crippen LogP contribution < -0.4 is 4.90 Å². The van der Waals surface area contributed by atoms with Crippen LogP contribution in [-0.2, 0) is 4.79 Å². The molecule has 16 heavy (non-hydrogen) atoms. The van der Waals surface area contributed by atoms with Gasteiger partial charge in [-0.1, -0.05) is 0 Å². The minimum absolute atomic E-state index is 0.481. The molecule has 82 valence electrons. The standard InChI is InChI=1S/C11H11N3O2/c12-6-8-3-4-10(13-7-8)14-5-1-2-9(14)11(15)16/h3-4,7,9H,1-2,5H2,(H,15,16). The van der Waals surface area contributed by atoms with Gasteiger partial charge in [-0.15, -0.1) is 0 Å². The minimum atomic E-state index is -0.816. The Morgan fingerprint density at radius 1 is 1.62 bits per heavy atom. The number of aromatic nitrogens is 1. The third kappa shape index (κ3) is 1.82. The zero-order valence-corrected chi connectivity index (χ0v) is 8.63. The summed E-state index contributed by atoms with van der Waals surface area (Å²) in [5.74, 6) is -0.187. The van der Waals surface area contributed by atoms with Crippen molar-refractivity contribution in [3.05, 3.63) is 23.9 Å². The summed E-state index contributed by atoms with van der Waals surface area (Å²) in [4.78, 5) is 16.9. The van der Waals surface area contributed by atoms with Crippen LogP contribution in [0, 0.1) is 11.3 Å². The lowest BCUT2D eigenvalue weighted by Gasteiger charge is -2.22. The SMILES string of the molecule is N#Cc1ccc(N2CCCC2C(=O)O)nc1. The summed E-state index contributed by atoms with van der Waals surface area (Å²) in [6.07, 6.45) is 2.97. The first kappa shape index (κ1) is 10.4. The molecular weight excluding hydrogens is 206 g/mol. The second-order valence-corrected chi connectivity index (χ2v) is 3.71. The van der Waals surface area contributed by atoms with E-state index in [-0.39, 0.29) is 0 Å². The van der Waals surface area contributed by atoms with Crippen LogP contribution in [0.1, 0.15) is 18.4 Å². The van der Waals surface area contributed by atoms with Gasteiger partial charge in [0, 0.05) is 12.7 Å². The molecule has 0 aromatic carbocycles. The van der Waals surface area contributed by atoms with Gasteiger partial charge in [0.1, 0.15) is 17.9 Å². The van der Waals surface area contributed by atoms with Gasteiger partial charge in [0.25, 0.3) is 0 Å². The molecule has 0 radical (unpaired) electrons. The Balaban J connectivity index is 2.23. The Morgan fingerprint density at radius 3 is 3.00 bits per heavy atom. The summed E-state index contributed by atoms with van der Waals surface area (Å²) in [7, 11) is 0. The van der Waals surface area contributed by atoms with Crippen molar-refractivity contribution in [3.63, 3.8) is 0 Å². The Labute approximate surface area is 92.9 Å². The quantitative estimate of drug-likeness (QED) is 0.799. The highest BCUT2D eigenvalue weighted by Gasteiger charge is 2.31. The zero-order valence-electron chi connectivity index (χ0n) is 8.63. The van der Waals surface area contributed by atoms with Gasteiger partial charge >= 0.3 is 5.97 Å². The summed E-state index contributed by atoms with van der Waals surface area (Å²) >= 11 is 0. The number of anilines is 1. The second kappa shape index (κ2) is 4.19. The van der Waals surface area contributed by atoms with E-state index in [0.29, 0.717) is 24.3 Å². The third-order valence-corrected chi connectivity index (χ3v) is 2.71. The molecule has 0 spiro atoms. The smallest absolute Gasteiger partial charge is 0.326 e. The fraction of sp³-hybridized carbons (Fsp3) is 0.364. The molecule has 1 aromatic rings. The number of hydrogen-bond donors (Lipinski definition) is 1. The first-order valence-electron chi connectivity index (χ1n) is 5.08. The van der Waals surface area contributed by atoms with Crippen molar-refractivity contribution in [3.8, 4) is 6.07 Å². The first-order chi connectivity index (χ1) is 7.72. The molecule has 1 aliphatic rings. The van der Waals surface area contributed by atoms with E-state index in [1.54, 1.807) is 17.0 Å². The number of hydrogen-bond acceptors (Lipinski definition) is 4. The normalized spacial score (nSPS) is 19.4. The average molecular weight is 217 g/mol. The van der Waals surface area contributed by atoms with E-state index < -0.39 is 12.0 Å². The molecule has 1 fully saturated rings. The van der Waals surface area contributed by atoms with Crippen molar-refractivity contribution >= 4 is 11.8 Å². The van der Waals surface area contributed by atoms with Gasteiger partial charge in [-0.25, -0.2) is 9.78 Å². The van der Waals surface area contributed by atoms with Gasteiger partial charge < -0.3 is 10.0 Å². The lowest BCUT2D eigenvalue weighted by atomic mass is 10.2. The van der Waals surface area contributed by atoms with Gasteiger partial charge in [-0.3, -0.25) is 0 Å². The van der Waals surface area contributed by atoms with Crippen LogP contribution in [0.5, 0.6) is 0 Å². The monoisotopic (exact) mass is 217 g/mol. The van der Waals surface area contributed by atoms with Gasteiger partial charge in [0.05, 0.1) is 5.56 Å². The number of carboxylic acids is 1. The molecule has 2 heterocycles. The molecule has 0 bridgehead atoms. The summed E-state index contributed by atoms with van der Waals surface area (Å²) in [6, 6.07) is 4.84. The third-order valence-electron chi connectivity index (χ3n) is 2.71. The summed E-state index contributed by atoms with van der Waals surface area (Å²) in [5.41, 5.74) is 0.481. The van der Waals surface area contributed by atoms with Crippen molar-refractivity contribution < 1.29 is 9.90 Å². The molecule has 1 unspecified atom stereocenters. The van der Waals surface area contributed by atoms with E-state index in [9.17, 15) is 4.79 Å². The predicted molar refractivity (Wildman–Crippen MR) is 57.0 cm³/mol. The number of nitriles is 1. The zero-order chi connectivity index (χ0) is 11.5. The fourth-order valence-electron chi connectivity index (χ4n) is 1.92. The molecule has 1 aromatic heterocycles. The molecule has 1 saturated heterocycles. The number of carboxylic acid groups (broad SMARTS) is 1.